The van der Waals surface area contributed by atoms with Gasteiger partial charge in [-0.15, -0.1) is 0 Å². The van der Waals surface area contributed by atoms with Crippen LogP contribution in [-0.2, 0) is 56.9 Å². The summed E-state index contributed by atoms with van der Waals surface area (Å²) >= 11 is 0. The Kier molecular flexibility index (Phi) is 14.0. The minimum absolute atomic E-state index is 0.151. The lowest BCUT2D eigenvalue weighted by molar-refractivity contribution is -0.118. The maximum atomic E-state index is 14.6. The molecule has 8 nitrogen and oxygen atoms in total. The molecule has 12 aromatic carbocycles. The molecule has 0 spiro atoms. The van der Waals surface area contributed by atoms with Crippen LogP contribution < -0.4 is 20.1 Å². The molecule has 0 atom stereocenters. The smallest absolute Gasteiger partial charge is 0.262 e. The van der Waals surface area contributed by atoms with Crippen molar-refractivity contribution in [2.45, 2.75) is 130 Å². The number of carbonyl (C=O) groups is 2. The summed E-state index contributed by atoms with van der Waals surface area (Å²) in [6, 6.07) is 54.8. The van der Waals surface area contributed by atoms with E-state index in [1.165, 1.54) is 10.8 Å². The van der Waals surface area contributed by atoms with Crippen LogP contribution in [0.25, 0.3) is 64.6 Å². The first kappa shape index (κ1) is 57.9. The van der Waals surface area contributed by atoms with Crippen molar-refractivity contribution in [2.75, 3.05) is 23.8 Å². The number of nitrogens with one attached hydrogen (secondary N) is 2. The van der Waals surface area contributed by atoms with Crippen molar-refractivity contribution in [2.24, 2.45) is 0 Å². The number of rotatable bonds is 8. The number of amides is 2. The highest BCUT2D eigenvalue weighted by atomic mass is 16.5. The van der Waals surface area contributed by atoms with E-state index in [9.17, 15) is 19.8 Å². The van der Waals surface area contributed by atoms with Gasteiger partial charge in [0.25, 0.3) is 11.8 Å². The normalized spacial score (nSPS) is 13.3. The van der Waals surface area contributed by atoms with E-state index < -0.39 is 0 Å². The van der Waals surface area contributed by atoms with Gasteiger partial charge in [-0.05, 0) is 154 Å². The van der Waals surface area contributed by atoms with Gasteiger partial charge in [0, 0.05) is 47.8 Å². The van der Waals surface area contributed by atoms with Crippen LogP contribution in [0.1, 0.15) is 150 Å². The molecule has 0 heterocycles. The van der Waals surface area contributed by atoms with Gasteiger partial charge >= 0.3 is 0 Å². The molecule has 88 heavy (non-hydrogen) atoms. The van der Waals surface area contributed by atoms with E-state index in [1.807, 2.05) is 12.1 Å². The third kappa shape index (κ3) is 10.7. The maximum absolute atomic E-state index is 14.6. The molecule has 0 fully saturated rings. The van der Waals surface area contributed by atoms with Gasteiger partial charge in [0.05, 0.1) is 0 Å². The second kappa shape index (κ2) is 21.3. The average molecular weight is 1160 g/mol. The topological polar surface area (TPSA) is 117 Å². The van der Waals surface area contributed by atoms with E-state index in [1.54, 1.807) is 0 Å². The Labute approximate surface area is 516 Å². The number of hydrogen-bond donors (Lipinski definition) is 4. The first-order valence-corrected chi connectivity index (χ1v) is 30.9. The van der Waals surface area contributed by atoms with Crippen LogP contribution in [-0.4, -0.2) is 35.2 Å². The van der Waals surface area contributed by atoms with Gasteiger partial charge in [-0.1, -0.05) is 229 Å². The fourth-order valence-corrected chi connectivity index (χ4v) is 13.4. The molecule has 8 heteroatoms. The number of aromatic hydroxyl groups is 2. The van der Waals surface area contributed by atoms with Crippen molar-refractivity contribution >= 4 is 87.8 Å². The molecule has 0 unspecified atom stereocenters. The van der Waals surface area contributed by atoms with Gasteiger partial charge in [-0.2, -0.15) is 0 Å². The molecular weight excluding hydrogens is 1080 g/mol. The molecular formula is C80H78N2O6. The molecule has 0 aromatic heterocycles. The van der Waals surface area contributed by atoms with E-state index in [-0.39, 0.29) is 83.9 Å². The van der Waals surface area contributed by atoms with E-state index >= 15 is 0 Å². The molecule has 0 saturated carbocycles. The summed E-state index contributed by atoms with van der Waals surface area (Å²) in [4.78, 5) is 29.1. The van der Waals surface area contributed by atoms with Crippen molar-refractivity contribution in [3.63, 3.8) is 0 Å². The van der Waals surface area contributed by atoms with E-state index in [2.05, 4.69) is 239 Å². The number of hydrogen-bond acceptors (Lipinski definition) is 6. The summed E-state index contributed by atoms with van der Waals surface area (Å²) in [6.45, 7) is 25.7. The van der Waals surface area contributed by atoms with Crippen molar-refractivity contribution in [3.8, 4) is 23.0 Å². The summed E-state index contributed by atoms with van der Waals surface area (Å²) in [7, 11) is 0. The highest BCUT2D eigenvalue weighted by molar-refractivity contribution is 6.27. The molecule has 12 aromatic rings. The molecule has 8 bridgehead atoms. The molecule has 4 N–H and O–H groups in total. The van der Waals surface area contributed by atoms with E-state index in [4.69, 9.17) is 9.47 Å². The Hall–Kier alpha value is -9.14. The van der Waals surface area contributed by atoms with Crippen molar-refractivity contribution in [3.05, 3.63) is 224 Å². The standard InChI is InChI=1S/C80H78N2O6/c1-77(2,3)59-35-51-31-55-39-61(79(7,8)9)41-57(75(55)87-43-67(83)81-65-29-25-49-21-19-45-15-13-17-47-23-27-63(65)71(49)69(45)47)33-53-37-60(78(4,5)6)38-54(74(53)86)34-58-42-62(80(10,11)12)40-56(32-52(36-59)73(51)85)76(58)88-44-68(84)82-66-30-26-50-22-20-46-16-14-18-48-24-28-64(66)72(50)70(46)48/h13-30,35-42,85-86H,31-34,43-44H2,1-12H3,(H,81,83)(H,82,84). The van der Waals surface area contributed by atoms with Crippen molar-refractivity contribution in [1.29, 1.82) is 0 Å². The molecule has 13 rings (SSSR count). The fourth-order valence-electron chi connectivity index (χ4n) is 13.4. The van der Waals surface area contributed by atoms with Crippen LogP contribution in [0, 0.1) is 0 Å². The fraction of sp³-hybridized carbons (Fsp3) is 0.275. The second-order valence-electron chi connectivity index (χ2n) is 28.9. The summed E-state index contributed by atoms with van der Waals surface area (Å²) in [5, 5.41) is 45.7. The number of benzene rings is 12. The molecule has 1 aliphatic carbocycles. The number of anilines is 2. The van der Waals surface area contributed by atoms with Gasteiger partial charge in [-0.3, -0.25) is 9.59 Å². The van der Waals surface area contributed by atoms with Gasteiger partial charge < -0.3 is 30.3 Å². The van der Waals surface area contributed by atoms with Crippen LogP contribution in [0.3, 0.4) is 0 Å². The van der Waals surface area contributed by atoms with Crippen LogP contribution in [0.5, 0.6) is 23.0 Å². The zero-order valence-electron chi connectivity index (χ0n) is 52.8. The van der Waals surface area contributed by atoms with Crippen molar-refractivity contribution in [1.82, 2.24) is 0 Å². The predicted molar refractivity (Wildman–Crippen MR) is 364 cm³/mol. The van der Waals surface area contributed by atoms with E-state index in [0.717, 1.165) is 98.4 Å². The third-order valence-corrected chi connectivity index (χ3v) is 18.3. The zero-order valence-corrected chi connectivity index (χ0v) is 52.8. The van der Waals surface area contributed by atoms with Crippen LogP contribution >= 0.6 is 0 Å². The highest BCUT2D eigenvalue weighted by Crippen LogP contribution is 2.46. The maximum Gasteiger partial charge on any atom is 0.262 e. The number of carbonyl (C=O) groups excluding carboxylic acids is 2. The molecule has 0 radical (unpaired) electrons. The summed E-state index contributed by atoms with van der Waals surface area (Å²) in [6.07, 6.45) is 1.07. The van der Waals surface area contributed by atoms with Gasteiger partial charge in [-0.25, -0.2) is 0 Å². The molecule has 2 amide bonds. The minimum Gasteiger partial charge on any atom is -0.507 e. The number of fused-ring (bicyclic) bond motifs is 8. The van der Waals surface area contributed by atoms with Gasteiger partial charge in [0.1, 0.15) is 23.0 Å². The molecule has 0 saturated heterocycles. The highest BCUT2D eigenvalue weighted by Gasteiger charge is 2.30. The quantitative estimate of drug-likeness (QED) is 0.113. The minimum atomic E-state index is -0.328. The Morgan fingerprint density at radius 2 is 0.602 bits per heavy atom. The average Bonchev–Trinajstić information content (AvgIpc) is 0.850. The molecule has 0 aliphatic heterocycles. The first-order chi connectivity index (χ1) is 41.7. The van der Waals surface area contributed by atoms with Crippen molar-refractivity contribution < 1.29 is 29.3 Å². The number of phenols is 2. The van der Waals surface area contributed by atoms with Gasteiger partial charge in [0.15, 0.2) is 13.2 Å². The SMILES string of the molecule is CC(C)(C)c1cc2c(O)c(c1)Cc1cc(C(C)(C)C)cc(c1OCC(=O)Nc1ccc3ccc4cccc5ccc1c3c45)Cc1cc(C(C)(C)C)cc(c1O)Cc1cc(C(C)(C)C)cc(c1OCC(=O)Nc1ccc3ccc4cccc5ccc1c3c45)C2. The number of phenolic OH excluding ortho intramolecular Hbond substituents is 2. The first-order valence-electron chi connectivity index (χ1n) is 30.9. The summed E-state index contributed by atoms with van der Waals surface area (Å²) < 4.78 is 13.9. The summed E-state index contributed by atoms with van der Waals surface area (Å²) in [5.41, 5.74) is 10.3. The van der Waals surface area contributed by atoms with Crippen LogP contribution in [0.4, 0.5) is 11.4 Å². The largest absolute Gasteiger partial charge is 0.507 e. The van der Waals surface area contributed by atoms with Crippen LogP contribution in [0.2, 0.25) is 0 Å². The third-order valence-electron chi connectivity index (χ3n) is 18.3. The van der Waals surface area contributed by atoms with Gasteiger partial charge in [0.2, 0.25) is 0 Å². The lowest BCUT2D eigenvalue weighted by Gasteiger charge is -2.28. The molecule has 444 valence electrons. The monoisotopic (exact) mass is 1160 g/mol. The Balaban J connectivity index is 0.935. The Bertz CT molecular complexity index is 4360. The zero-order chi connectivity index (χ0) is 61.9. The summed E-state index contributed by atoms with van der Waals surface area (Å²) in [5.74, 6) is 0.744. The molecule has 1 aliphatic rings. The Morgan fingerprint density at radius 3 is 0.886 bits per heavy atom. The Morgan fingerprint density at radius 1 is 0.352 bits per heavy atom. The second-order valence-corrected chi connectivity index (χ2v) is 28.9. The lowest BCUT2D eigenvalue weighted by atomic mass is 9.79. The lowest BCUT2D eigenvalue weighted by Crippen LogP contribution is -2.22. The van der Waals surface area contributed by atoms with Crippen LogP contribution in [0.15, 0.2) is 158 Å². The van der Waals surface area contributed by atoms with E-state index in [0.29, 0.717) is 45.1 Å². The predicted octanol–water partition coefficient (Wildman–Crippen LogP) is 18.8. The number of ether oxygens (including phenoxy) is 2.